The molecule has 3 N–H and O–H groups in total. The van der Waals surface area contributed by atoms with E-state index in [-0.39, 0.29) is 12.5 Å². The predicted octanol–water partition coefficient (Wildman–Crippen LogP) is 19.6. The minimum atomic E-state index is -0.887. The molecule has 70 heavy (non-hydrogen) atoms. The molecule has 0 rings (SSSR count). The highest BCUT2D eigenvalue weighted by Gasteiger charge is 2.17. The van der Waals surface area contributed by atoms with E-state index >= 15 is 0 Å². The van der Waals surface area contributed by atoms with Gasteiger partial charge in [-0.15, -0.1) is 0 Å². The normalized spacial score (nSPS) is 13.9. The van der Waals surface area contributed by atoms with Gasteiger partial charge in [-0.1, -0.05) is 269 Å². The number of carbonyl (C=O) groups excluding carboxylic acids is 1. The molecule has 396 valence electrons. The zero-order valence-electron chi connectivity index (χ0n) is 45.5. The SMILES string of the molecule is CC/C=C\C/C=C\C/C=C\C/C=C\C/C=C\C/C=C\C/C=C\C/C=C\C/C=C\CCCCCCCCCC(=O)NC(CO)C(O)/C=C/CC/C=C/CC/C=C/CCCCCCCCCCCCCCC. The molecule has 0 radical (unpaired) electrons. The Morgan fingerprint density at radius 1 is 0.357 bits per heavy atom. The lowest BCUT2D eigenvalue weighted by Gasteiger charge is -2.19. The summed E-state index contributed by atoms with van der Waals surface area (Å²) in [7, 11) is 0. The number of unbranched alkanes of at least 4 members (excludes halogenated alkanes) is 22. The zero-order chi connectivity index (χ0) is 50.6. The predicted molar refractivity (Wildman–Crippen MR) is 312 cm³/mol. The Morgan fingerprint density at radius 2 is 0.643 bits per heavy atom. The van der Waals surface area contributed by atoms with Gasteiger partial charge >= 0.3 is 0 Å². The van der Waals surface area contributed by atoms with Gasteiger partial charge in [0, 0.05) is 6.42 Å². The van der Waals surface area contributed by atoms with Crippen LogP contribution >= 0.6 is 0 Å². The second-order valence-electron chi connectivity index (χ2n) is 19.0. The summed E-state index contributed by atoms with van der Waals surface area (Å²) in [6.07, 6.45) is 94.3. The second kappa shape index (κ2) is 59.6. The van der Waals surface area contributed by atoms with Gasteiger partial charge in [0.2, 0.25) is 5.91 Å². The third-order valence-electron chi connectivity index (χ3n) is 12.3. The largest absolute Gasteiger partial charge is 0.394 e. The Kier molecular flexibility index (Phi) is 56.4. The van der Waals surface area contributed by atoms with Crippen LogP contribution in [0.4, 0.5) is 0 Å². The van der Waals surface area contributed by atoms with Crippen molar-refractivity contribution in [3.05, 3.63) is 146 Å². The number of hydrogen-bond donors (Lipinski definition) is 3. The van der Waals surface area contributed by atoms with Gasteiger partial charge in [-0.2, -0.15) is 0 Å². The molecule has 0 heterocycles. The molecule has 0 aromatic carbocycles. The molecule has 0 saturated heterocycles. The maximum absolute atomic E-state index is 12.5. The van der Waals surface area contributed by atoms with Crippen molar-refractivity contribution >= 4 is 5.91 Å². The molecule has 2 unspecified atom stereocenters. The molecule has 2 atom stereocenters. The molecule has 1 amide bonds. The second-order valence-corrected chi connectivity index (χ2v) is 19.0. The summed E-state index contributed by atoms with van der Waals surface area (Å²) < 4.78 is 0. The number of amides is 1. The Morgan fingerprint density at radius 3 is 1.00 bits per heavy atom. The maximum Gasteiger partial charge on any atom is 0.220 e. The molecule has 0 saturated carbocycles. The average molecular weight is 965 g/mol. The Bertz CT molecular complexity index is 1470. The Hall–Kier alpha value is -3.73. The van der Waals surface area contributed by atoms with Crippen LogP contribution in [0.5, 0.6) is 0 Å². The fourth-order valence-electron chi connectivity index (χ4n) is 7.91. The molecule has 0 aromatic rings. The van der Waals surface area contributed by atoms with Crippen molar-refractivity contribution in [2.24, 2.45) is 0 Å². The van der Waals surface area contributed by atoms with Gasteiger partial charge in [-0.25, -0.2) is 0 Å². The van der Waals surface area contributed by atoms with Crippen LogP contribution in [0.1, 0.15) is 245 Å². The van der Waals surface area contributed by atoms with Gasteiger partial charge in [0.05, 0.1) is 18.8 Å². The van der Waals surface area contributed by atoms with Crippen molar-refractivity contribution in [3.63, 3.8) is 0 Å². The lowest BCUT2D eigenvalue weighted by molar-refractivity contribution is -0.123. The van der Waals surface area contributed by atoms with Crippen LogP contribution in [0.15, 0.2) is 146 Å². The molecule has 0 spiro atoms. The van der Waals surface area contributed by atoms with Crippen molar-refractivity contribution in [2.45, 2.75) is 257 Å². The first kappa shape index (κ1) is 66.3. The smallest absolute Gasteiger partial charge is 0.220 e. The number of rotatable bonds is 51. The first-order valence-electron chi connectivity index (χ1n) is 29.0. The van der Waals surface area contributed by atoms with E-state index in [1.165, 1.54) is 116 Å². The summed E-state index contributed by atoms with van der Waals surface area (Å²) in [4.78, 5) is 12.5. The minimum absolute atomic E-state index is 0.0947. The first-order valence-corrected chi connectivity index (χ1v) is 29.0. The molecule has 4 heteroatoms. The summed E-state index contributed by atoms with van der Waals surface area (Å²) in [6.45, 7) is 4.17. The van der Waals surface area contributed by atoms with Crippen molar-refractivity contribution in [3.8, 4) is 0 Å². The summed E-state index contributed by atoms with van der Waals surface area (Å²) in [5, 5.41) is 23.1. The van der Waals surface area contributed by atoms with E-state index in [0.717, 1.165) is 109 Å². The molecule has 0 fully saturated rings. The van der Waals surface area contributed by atoms with Gasteiger partial charge < -0.3 is 15.5 Å². The van der Waals surface area contributed by atoms with E-state index in [1.807, 2.05) is 6.08 Å². The molecular formula is C66H109NO3. The summed E-state index contributed by atoms with van der Waals surface area (Å²) in [5.74, 6) is -0.0947. The third-order valence-corrected chi connectivity index (χ3v) is 12.3. The third kappa shape index (κ3) is 55.2. The molecule has 0 bridgehead atoms. The molecule has 0 aromatic heterocycles. The van der Waals surface area contributed by atoms with Gasteiger partial charge in [0.25, 0.3) is 0 Å². The lowest BCUT2D eigenvalue weighted by atomic mass is 10.0. The van der Waals surface area contributed by atoms with E-state index in [4.69, 9.17) is 0 Å². The zero-order valence-corrected chi connectivity index (χ0v) is 45.5. The van der Waals surface area contributed by atoms with E-state index in [1.54, 1.807) is 6.08 Å². The van der Waals surface area contributed by atoms with Crippen LogP contribution in [0.2, 0.25) is 0 Å². The molecular weight excluding hydrogens is 855 g/mol. The van der Waals surface area contributed by atoms with Crippen molar-refractivity contribution in [1.29, 1.82) is 0 Å². The first-order chi connectivity index (χ1) is 34.7. The van der Waals surface area contributed by atoms with Gasteiger partial charge in [0.1, 0.15) is 0 Å². The average Bonchev–Trinajstić information content (AvgIpc) is 3.36. The van der Waals surface area contributed by atoms with Crippen LogP contribution in [0, 0.1) is 0 Å². The number of carbonyl (C=O) groups is 1. The van der Waals surface area contributed by atoms with Crippen molar-refractivity contribution in [1.82, 2.24) is 5.32 Å². The number of hydrogen-bond acceptors (Lipinski definition) is 3. The van der Waals surface area contributed by atoms with Gasteiger partial charge in [-0.3, -0.25) is 4.79 Å². The molecule has 0 aliphatic rings. The van der Waals surface area contributed by atoms with Gasteiger partial charge in [-0.05, 0) is 116 Å². The number of aliphatic hydroxyl groups excluding tert-OH is 2. The molecule has 0 aliphatic heterocycles. The Balaban J connectivity index is 3.69. The number of allylic oxidation sites excluding steroid dienone is 23. The standard InChI is InChI=1S/C66H109NO3/c1-3-5-7-9-11-13-15-17-19-21-23-25-27-28-29-30-31-32-33-34-35-36-37-38-40-42-44-46-48-50-52-54-56-58-60-62-66(70)67-64(63-68)65(69)61-59-57-55-53-51-49-47-45-43-41-39-26-24-22-20-18-16-14-12-10-8-6-4-2/h5,7,11,13,17,19,23,25,28-29,31-32,34-35,37-38,42-45,51,53,59,61,64-65,68-69H,3-4,6,8-10,12,14-16,18,20-22,24,26-27,30,33,36,39-41,46-50,52,54-58,60,62-63H2,1-2H3,(H,67,70)/b7-5-,13-11-,19-17-,25-23-,29-28-,32-31-,35-34-,38-37-,44-42-,45-43+,53-51+,61-59+. The number of aliphatic hydroxyl groups is 2. The highest BCUT2D eigenvalue weighted by atomic mass is 16.3. The monoisotopic (exact) mass is 964 g/mol. The van der Waals surface area contributed by atoms with Crippen LogP contribution < -0.4 is 5.32 Å². The molecule has 4 nitrogen and oxygen atoms in total. The topological polar surface area (TPSA) is 69.6 Å². The fourth-order valence-corrected chi connectivity index (χ4v) is 7.91. The highest BCUT2D eigenvalue weighted by Crippen LogP contribution is 2.14. The quantitative estimate of drug-likeness (QED) is 0.0420. The van der Waals surface area contributed by atoms with Crippen LogP contribution in [0.3, 0.4) is 0 Å². The van der Waals surface area contributed by atoms with E-state index in [2.05, 4.69) is 153 Å². The Labute approximate surface area is 433 Å². The van der Waals surface area contributed by atoms with Crippen LogP contribution in [-0.2, 0) is 4.79 Å². The van der Waals surface area contributed by atoms with Crippen molar-refractivity contribution < 1.29 is 15.0 Å². The highest BCUT2D eigenvalue weighted by molar-refractivity contribution is 5.76. The maximum atomic E-state index is 12.5. The van der Waals surface area contributed by atoms with Crippen LogP contribution in [0.25, 0.3) is 0 Å². The lowest BCUT2D eigenvalue weighted by Crippen LogP contribution is -2.45. The number of nitrogens with one attached hydrogen (secondary N) is 1. The summed E-state index contributed by atoms with van der Waals surface area (Å²) in [6, 6.07) is -0.664. The fraction of sp³-hybridized carbons (Fsp3) is 0.621. The summed E-state index contributed by atoms with van der Waals surface area (Å²) in [5.41, 5.74) is 0. The van der Waals surface area contributed by atoms with Gasteiger partial charge in [0.15, 0.2) is 0 Å². The van der Waals surface area contributed by atoms with Crippen LogP contribution in [-0.4, -0.2) is 34.9 Å². The van der Waals surface area contributed by atoms with E-state index in [9.17, 15) is 15.0 Å². The minimum Gasteiger partial charge on any atom is -0.394 e. The van der Waals surface area contributed by atoms with E-state index < -0.39 is 12.1 Å². The van der Waals surface area contributed by atoms with Crippen molar-refractivity contribution in [2.75, 3.05) is 6.61 Å². The summed E-state index contributed by atoms with van der Waals surface area (Å²) >= 11 is 0. The van der Waals surface area contributed by atoms with E-state index in [0.29, 0.717) is 6.42 Å². The molecule has 0 aliphatic carbocycles.